The van der Waals surface area contributed by atoms with Crippen molar-refractivity contribution in [2.24, 2.45) is 0 Å². The zero-order valence-electron chi connectivity index (χ0n) is 10.7. The Hall–Kier alpha value is -1.89. The van der Waals surface area contributed by atoms with Gasteiger partial charge in [-0.1, -0.05) is 65.7 Å². The first-order valence-corrected chi connectivity index (χ1v) is 5.73. The lowest BCUT2D eigenvalue weighted by molar-refractivity contribution is 1.42. The van der Waals surface area contributed by atoms with Crippen molar-refractivity contribution in [3.8, 4) is 0 Å². The molecule has 0 aromatic heterocycles. The second-order valence-corrected chi connectivity index (χ2v) is 4.15. The predicted molar refractivity (Wildman–Crippen MR) is 74.9 cm³/mol. The van der Waals surface area contributed by atoms with E-state index in [2.05, 4.69) is 19.1 Å². The van der Waals surface area contributed by atoms with Crippen LogP contribution in [0.3, 0.4) is 0 Å². The second kappa shape index (κ2) is 6.64. The summed E-state index contributed by atoms with van der Waals surface area (Å²) in [6.45, 7) is 5.92. The van der Waals surface area contributed by atoms with Gasteiger partial charge in [0.2, 0.25) is 0 Å². The normalized spacial score (nSPS) is 9.12. The summed E-state index contributed by atoms with van der Waals surface area (Å²) in [5.41, 5.74) is 4.19. The summed E-state index contributed by atoms with van der Waals surface area (Å²) < 4.78 is 0. The molecule has 0 fully saturated rings. The van der Waals surface area contributed by atoms with Crippen molar-refractivity contribution < 1.29 is 0 Å². The number of aryl methyl sites for hydroxylation is 2. The van der Waals surface area contributed by atoms with E-state index >= 15 is 0 Å². The van der Waals surface area contributed by atoms with Crippen LogP contribution in [0.5, 0.6) is 0 Å². The molecular weight excluding hydrogens is 206 g/mol. The molecule has 0 aliphatic rings. The summed E-state index contributed by atoms with van der Waals surface area (Å²) >= 11 is 0. The zero-order chi connectivity index (χ0) is 12.7. The van der Waals surface area contributed by atoms with Crippen LogP contribution in [-0.2, 0) is 0 Å². The molecule has 0 saturated carbocycles. The van der Waals surface area contributed by atoms with Gasteiger partial charge in [0, 0.05) is 5.71 Å². The Labute approximate surface area is 104 Å². The van der Waals surface area contributed by atoms with Gasteiger partial charge in [0.25, 0.3) is 0 Å². The molecule has 0 aliphatic carbocycles. The van der Waals surface area contributed by atoms with Crippen LogP contribution in [0.15, 0.2) is 54.6 Å². The van der Waals surface area contributed by atoms with E-state index in [-0.39, 0.29) is 0 Å². The van der Waals surface area contributed by atoms with E-state index < -0.39 is 0 Å². The lowest BCUT2D eigenvalue weighted by atomic mass is 10.1. The number of hydrogen-bond acceptors (Lipinski definition) is 1. The zero-order valence-corrected chi connectivity index (χ0v) is 10.7. The Morgan fingerprint density at radius 3 is 1.59 bits per heavy atom. The molecule has 0 unspecified atom stereocenters. The fourth-order valence-corrected chi connectivity index (χ4v) is 1.34. The Morgan fingerprint density at radius 1 is 0.765 bits per heavy atom. The van der Waals surface area contributed by atoms with Gasteiger partial charge in [-0.05, 0) is 26.3 Å². The largest absolute Gasteiger partial charge is 0.305 e. The van der Waals surface area contributed by atoms with Crippen LogP contribution in [0, 0.1) is 19.3 Å². The molecule has 0 heterocycles. The quantitative estimate of drug-likeness (QED) is 0.696. The highest BCUT2D eigenvalue weighted by Crippen LogP contribution is 2.02. The van der Waals surface area contributed by atoms with E-state index in [1.165, 1.54) is 11.1 Å². The maximum Gasteiger partial charge on any atom is 0.0355 e. The highest BCUT2D eigenvalue weighted by molar-refractivity contribution is 5.96. The molecule has 88 valence electrons. The van der Waals surface area contributed by atoms with Gasteiger partial charge < -0.3 is 5.41 Å². The van der Waals surface area contributed by atoms with E-state index in [1.54, 1.807) is 6.92 Å². The topological polar surface area (TPSA) is 23.9 Å². The summed E-state index contributed by atoms with van der Waals surface area (Å²) in [7, 11) is 0. The van der Waals surface area contributed by atoms with Crippen molar-refractivity contribution in [3.63, 3.8) is 0 Å². The summed E-state index contributed by atoms with van der Waals surface area (Å²) in [4.78, 5) is 0. The average molecular weight is 225 g/mol. The number of hydrogen-bond donors (Lipinski definition) is 1. The summed E-state index contributed by atoms with van der Waals surface area (Å²) in [6, 6.07) is 18.2. The molecule has 1 nitrogen and oxygen atoms in total. The van der Waals surface area contributed by atoms with Crippen molar-refractivity contribution >= 4 is 5.71 Å². The Balaban J connectivity index is 0.000000181. The van der Waals surface area contributed by atoms with Gasteiger partial charge in [-0.25, -0.2) is 0 Å². The van der Waals surface area contributed by atoms with Crippen molar-refractivity contribution in [3.05, 3.63) is 71.3 Å². The standard InChI is InChI=1S/C9H11N.C7H8/c1-7-3-5-9(6-4-7)8(2)10;1-7-5-3-2-4-6-7/h3-6,10H,1-2H3;2-6H,1H3. The van der Waals surface area contributed by atoms with Crippen LogP contribution in [0.25, 0.3) is 0 Å². The van der Waals surface area contributed by atoms with Crippen LogP contribution in [0.4, 0.5) is 0 Å². The van der Waals surface area contributed by atoms with Crippen molar-refractivity contribution in [2.45, 2.75) is 20.8 Å². The Morgan fingerprint density at radius 2 is 1.24 bits per heavy atom. The Bertz CT molecular complexity index is 455. The first kappa shape index (κ1) is 13.2. The van der Waals surface area contributed by atoms with Crippen molar-refractivity contribution in [1.82, 2.24) is 0 Å². The molecule has 0 bridgehead atoms. The average Bonchev–Trinajstić information content (AvgIpc) is 2.31. The number of nitrogens with one attached hydrogen (secondary N) is 1. The maximum absolute atomic E-state index is 7.31. The third-order valence-electron chi connectivity index (χ3n) is 2.43. The Kier molecular flexibility index (Phi) is 5.15. The van der Waals surface area contributed by atoms with E-state index in [9.17, 15) is 0 Å². The van der Waals surface area contributed by atoms with Gasteiger partial charge in [0.15, 0.2) is 0 Å². The van der Waals surface area contributed by atoms with Crippen molar-refractivity contribution in [1.29, 1.82) is 5.41 Å². The molecule has 1 heteroatoms. The predicted octanol–water partition coefficient (Wildman–Crippen LogP) is 4.38. The highest BCUT2D eigenvalue weighted by atomic mass is 14.4. The van der Waals surface area contributed by atoms with Crippen LogP contribution in [-0.4, -0.2) is 5.71 Å². The van der Waals surface area contributed by atoms with Gasteiger partial charge >= 0.3 is 0 Å². The first-order valence-electron chi connectivity index (χ1n) is 5.73. The smallest absolute Gasteiger partial charge is 0.0355 e. The lowest BCUT2D eigenvalue weighted by Gasteiger charge is -1.96. The molecule has 0 spiro atoms. The molecule has 17 heavy (non-hydrogen) atoms. The van der Waals surface area contributed by atoms with E-state index in [0.29, 0.717) is 5.71 Å². The van der Waals surface area contributed by atoms with Crippen molar-refractivity contribution in [2.75, 3.05) is 0 Å². The molecule has 0 saturated heterocycles. The summed E-state index contributed by atoms with van der Waals surface area (Å²) in [5.74, 6) is 0. The minimum atomic E-state index is 0.625. The van der Waals surface area contributed by atoms with Crippen LogP contribution >= 0.6 is 0 Å². The van der Waals surface area contributed by atoms with Crippen LogP contribution in [0.1, 0.15) is 23.6 Å². The molecule has 0 radical (unpaired) electrons. The van der Waals surface area contributed by atoms with Crippen LogP contribution in [0.2, 0.25) is 0 Å². The lowest BCUT2D eigenvalue weighted by Crippen LogP contribution is -1.90. The van der Waals surface area contributed by atoms with Gasteiger partial charge in [-0.3, -0.25) is 0 Å². The molecule has 0 atom stereocenters. The fraction of sp³-hybridized carbons (Fsp3) is 0.188. The molecule has 2 rings (SSSR count). The van der Waals surface area contributed by atoms with Gasteiger partial charge in [0.05, 0.1) is 0 Å². The van der Waals surface area contributed by atoms with Gasteiger partial charge in [-0.15, -0.1) is 0 Å². The first-order chi connectivity index (χ1) is 8.09. The van der Waals surface area contributed by atoms with E-state index in [0.717, 1.165) is 5.56 Å². The third kappa shape index (κ3) is 5.12. The molecule has 2 aromatic carbocycles. The minimum Gasteiger partial charge on any atom is -0.305 e. The highest BCUT2D eigenvalue weighted by Gasteiger charge is 1.91. The molecule has 1 N–H and O–H groups in total. The number of rotatable bonds is 1. The number of benzene rings is 2. The third-order valence-corrected chi connectivity index (χ3v) is 2.43. The minimum absolute atomic E-state index is 0.625. The molecule has 0 amide bonds. The van der Waals surface area contributed by atoms with E-state index in [4.69, 9.17) is 5.41 Å². The molecule has 2 aromatic rings. The fourth-order valence-electron chi connectivity index (χ4n) is 1.34. The van der Waals surface area contributed by atoms with Gasteiger partial charge in [-0.2, -0.15) is 0 Å². The van der Waals surface area contributed by atoms with Crippen LogP contribution < -0.4 is 0 Å². The van der Waals surface area contributed by atoms with Gasteiger partial charge in [0.1, 0.15) is 0 Å². The van der Waals surface area contributed by atoms with E-state index in [1.807, 2.05) is 49.4 Å². The second-order valence-electron chi connectivity index (χ2n) is 4.15. The monoisotopic (exact) mass is 225 g/mol. The summed E-state index contributed by atoms with van der Waals surface area (Å²) in [5, 5.41) is 7.31. The molecule has 0 aliphatic heterocycles. The summed E-state index contributed by atoms with van der Waals surface area (Å²) in [6.07, 6.45) is 0. The SMILES string of the molecule is CC(=N)c1ccc(C)cc1.Cc1ccccc1. The maximum atomic E-state index is 7.31. The molecular formula is C16H19N.